The van der Waals surface area contributed by atoms with Crippen LogP contribution in [0.15, 0.2) is 49.1 Å². The molecule has 0 amide bonds. The molecular formula is C11H10F2O. The highest BCUT2D eigenvalue weighted by atomic mass is 19.3. The Morgan fingerprint density at radius 3 is 2.43 bits per heavy atom. The lowest BCUT2D eigenvalue weighted by Gasteiger charge is -2.06. The summed E-state index contributed by atoms with van der Waals surface area (Å²) < 4.78 is 29.7. The first-order valence-electron chi connectivity index (χ1n) is 4.10. The molecule has 0 radical (unpaired) electrons. The normalized spacial score (nSPS) is 9.29. The summed E-state index contributed by atoms with van der Waals surface area (Å²) in [4.78, 5) is 0. The summed E-state index contributed by atoms with van der Waals surface area (Å²) in [5.74, 6) is -0.384. The second-order valence-corrected chi connectivity index (χ2v) is 2.56. The van der Waals surface area contributed by atoms with E-state index in [4.69, 9.17) is 4.74 Å². The van der Waals surface area contributed by atoms with E-state index in [1.165, 1.54) is 6.08 Å². The zero-order chi connectivity index (χ0) is 10.4. The van der Waals surface area contributed by atoms with Gasteiger partial charge in [-0.3, -0.25) is 0 Å². The number of rotatable bonds is 4. The fraction of sp³-hybridized carbons (Fsp3) is 0.0909. The summed E-state index contributed by atoms with van der Waals surface area (Å²) >= 11 is 0. The van der Waals surface area contributed by atoms with E-state index in [1.54, 1.807) is 30.3 Å². The van der Waals surface area contributed by atoms with Gasteiger partial charge in [-0.2, -0.15) is 8.78 Å². The minimum absolute atomic E-state index is 0.0710. The van der Waals surface area contributed by atoms with E-state index in [2.05, 4.69) is 6.58 Å². The van der Waals surface area contributed by atoms with Crippen LogP contribution in [0.2, 0.25) is 0 Å². The lowest BCUT2D eigenvalue weighted by Crippen LogP contribution is -1.93. The molecule has 1 rings (SSSR count). The first kappa shape index (κ1) is 10.4. The molecule has 14 heavy (non-hydrogen) atoms. The predicted octanol–water partition coefficient (Wildman–Crippen LogP) is 3.45. The van der Waals surface area contributed by atoms with Gasteiger partial charge in [-0.05, 0) is 0 Å². The van der Waals surface area contributed by atoms with Gasteiger partial charge in [-0.1, -0.05) is 43.0 Å². The van der Waals surface area contributed by atoms with Gasteiger partial charge in [0.05, 0.1) is 0 Å². The average Bonchev–Trinajstić information content (AvgIpc) is 2.19. The van der Waals surface area contributed by atoms with E-state index >= 15 is 0 Å². The van der Waals surface area contributed by atoms with Crippen LogP contribution in [0.25, 0.3) is 5.76 Å². The zero-order valence-corrected chi connectivity index (χ0v) is 7.54. The molecule has 0 heterocycles. The molecular weight excluding hydrogens is 186 g/mol. The summed E-state index contributed by atoms with van der Waals surface area (Å²) in [7, 11) is 0. The van der Waals surface area contributed by atoms with Crippen LogP contribution in [-0.2, 0) is 4.74 Å². The van der Waals surface area contributed by atoms with Crippen LogP contribution in [-0.4, -0.2) is 6.61 Å². The van der Waals surface area contributed by atoms with Crippen LogP contribution >= 0.6 is 0 Å². The van der Waals surface area contributed by atoms with Crippen LogP contribution < -0.4 is 0 Å². The topological polar surface area (TPSA) is 9.23 Å². The lowest BCUT2D eigenvalue weighted by molar-refractivity contribution is 0.287. The van der Waals surface area contributed by atoms with Crippen molar-refractivity contribution in [2.75, 3.05) is 6.61 Å². The lowest BCUT2D eigenvalue weighted by atomic mass is 10.2. The van der Waals surface area contributed by atoms with Crippen molar-refractivity contribution >= 4 is 5.76 Å². The minimum atomic E-state index is -1.82. The van der Waals surface area contributed by atoms with Crippen LogP contribution in [0.3, 0.4) is 0 Å². The number of ether oxygens (including phenoxy) is 1. The number of hydrogen-bond donors (Lipinski definition) is 0. The molecule has 1 aromatic rings. The Balaban J connectivity index is 2.91. The van der Waals surface area contributed by atoms with E-state index < -0.39 is 6.08 Å². The molecule has 0 N–H and O–H groups in total. The van der Waals surface area contributed by atoms with Gasteiger partial charge in [0, 0.05) is 5.56 Å². The summed E-state index contributed by atoms with van der Waals surface area (Å²) in [5.41, 5.74) is 0.370. The van der Waals surface area contributed by atoms with E-state index in [-0.39, 0.29) is 12.4 Å². The fourth-order valence-corrected chi connectivity index (χ4v) is 0.979. The smallest absolute Gasteiger partial charge is 0.312 e. The molecule has 0 aliphatic rings. The van der Waals surface area contributed by atoms with Crippen LogP contribution in [0.4, 0.5) is 8.78 Å². The van der Waals surface area contributed by atoms with E-state index in [0.717, 1.165) is 0 Å². The van der Waals surface area contributed by atoms with Crippen molar-refractivity contribution in [2.45, 2.75) is 0 Å². The Morgan fingerprint density at radius 1 is 1.29 bits per heavy atom. The highest BCUT2D eigenvalue weighted by molar-refractivity contribution is 5.60. The molecule has 0 saturated carbocycles. The second kappa shape index (κ2) is 5.17. The maximum Gasteiger partial charge on any atom is 0.312 e. The number of benzene rings is 1. The summed E-state index contributed by atoms with van der Waals surface area (Å²) in [6.07, 6.45) is -0.399. The zero-order valence-electron chi connectivity index (χ0n) is 7.54. The maximum absolute atomic E-state index is 12.4. The van der Waals surface area contributed by atoms with Gasteiger partial charge < -0.3 is 4.74 Å². The van der Waals surface area contributed by atoms with Crippen LogP contribution in [0.5, 0.6) is 0 Å². The Morgan fingerprint density at radius 2 is 1.93 bits per heavy atom. The van der Waals surface area contributed by atoms with Gasteiger partial charge in [0.1, 0.15) is 6.61 Å². The molecule has 0 saturated heterocycles. The predicted molar refractivity (Wildman–Crippen MR) is 51.7 cm³/mol. The van der Waals surface area contributed by atoms with Crippen molar-refractivity contribution in [1.82, 2.24) is 0 Å². The molecule has 1 nitrogen and oxygen atoms in total. The highest BCUT2D eigenvalue weighted by Gasteiger charge is 2.09. The van der Waals surface area contributed by atoms with Crippen molar-refractivity contribution in [3.63, 3.8) is 0 Å². The van der Waals surface area contributed by atoms with Crippen molar-refractivity contribution < 1.29 is 13.5 Å². The third-order valence-corrected chi connectivity index (χ3v) is 1.55. The van der Waals surface area contributed by atoms with E-state index in [1.807, 2.05) is 0 Å². The van der Waals surface area contributed by atoms with Crippen LogP contribution in [0, 0.1) is 0 Å². The summed E-state index contributed by atoms with van der Waals surface area (Å²) in [5, 5.41) is 0. The van der Waals surface area contributed by atoms with Gasteiger partial charge >= 0.3 is 6.08 Å². The first-order valence-corrected chi connectivity index (χ1v) is 4.10. The molecule has 0 aliphatic heterocycles. The van der Waals surface area contributed by atoms with Gasteiger partial charge in [0.2, 0.25) is 0 Å². The molecule has 0 fully saturated rings. The molecule has 0 spiro atoms. The summed E-state index contributed by atoms with van der Waals surface area (Å²) in [6, 6.07) is 8.24. The monoisotopic (exact) mass is 196 g/mol. The standard InChI is InChI=1S/C11H10F2O/c1-2-8-14-10(11(12)13)9-6-4-3-5-7-9/h2-7H,1,8H2. The first-order chi connectivity index (χ1) is 6.75. The van der Waals surface area contributed by atoms with Gasteiger partial charge in [-0.25, -0.2) is 0 Å². The number of hydrogen-bond acceptors (Lipinski definition) is 1. The van der Waals surface area contributed by atoms with Crippen molar-refractivity contribution in [3.8, 4) is 0 Å². The Hall–Kier alpha value is -1.64. The number of halogens is 2. The molecule has 0 unspecified atom stereocenters. The summed E-state index contributed by atoms with van der Waals surface area (Å²) in [6.45, 7) is 3.46. The van der Waals surface area contributed by atoms with Gasteiger partial charge in [0.25, 0.3) is 0 Å². The van der Waals surface area contributed by atoms with E-state index in [0.29, 0.717) is 5.56 Å². The molecule has 74 valence electrons. The second-order valence-electron chi connectivity index (χ2n) is 2.56. The third kappa shape index (κ3) is 2.69. The Labute approximate surface area is 81.3 Å². The van der Waals surface area contributed by atoms with Crippen LogP contribution in [0.1, 0.15) is 5.56 Å². The largest absolute Gasteiger partial charge is 0.483 e. The maximum atomic E-state index is 12.4. The molecule has 0 aliphatic carbocycles. The highest BCUT2D eigenvalue weighted by Crippen LogP contribution is 2.21. The Kier molecular flexibility index (Phi) is 3.85. The van der Waals surface area contributed by atoms with E-state index in [9.17, 15) is 8.78 Å². The molecule has 0 bridgehead atoms. The molecule has 1 aromatic carbocycles. The average molecular weight is 196 g/mol. The Bertz CT molecular complexity index is 326. The van der Waals surface area contributed by atoms with Gasteiger partial charge in [-0.15, -0.1) is 0 Å². The molecule has 0 atom stereocenters. The van der Waals surface area contributed by atoms with Crippen molar-refractivity contribution in [3.05, 3.63) is 54.6 Å². The van der Waals surface area contributed by atoms with Gasteiger partial charge in [0.15, 0.2) is 5.76 Å². The quantitative estimate of drug-likeness (QED) is 0.529. The fourth-order valence-electron chi connectivity index (χ4n) is 0.979. The third-order valence-electron chi connectivity index (χ3n) is 1.55. The SMILES string of the molecule is C=CCOC(=C(F)F)c1ccccc1. The molecule has 3 heteroatoms. The van der Waals surface area contributed by atoms with Crippen molar-refractivity contribution in [1.29, 1.82) is 0 Å². The van der Waals surface area contributed by atoms with Crippen molar-refractivity contribution in [2.24, 2.45) is 0 Å². The minimum Gasteiger partial charge on any atom is -0.483 e. The molecule has 0 aromatic heterocycles.